The Morgan fingerprint density at radius 3 is 2.64 bits per heavy atom. The topological polar surface area (TPSA) is 59.0 Å². The van der Waals surface area contributed by atoms with Crippen molar-refractivity contribution < 1.29 is 19.4 Å². The van der Waals surface area contributed by atoms with Gasteiger partial charge in [0.15, 0.2) is 0 Å². The Bertz CT molecular complexity index is 1050. The number of nitrogens with zero attached hydrogens (tertiary/aromatic N) is 1. The monoisotopic (exact) mass is 449 g/mol. The SMILES string of the molecule is COc1ccc(COc2ccc3c(c2)CCC(CN2CC(C(=O)O)C2)=C3C)cc1CC(C)C. The van der Waals surface area contributed by atoms with Gasteiger partial charge in [0.2, 0.25) is 0 Å². The summed E-state index contributed by atoms with van der Waals surface area (Å²) in [5.74, 6) is 1.53. The Morgan fingerprint density at radius 2 is 1.94 bits per heavy atom. The number of fused-ring (bicyclic) bond motifs is 1. The van der Waals surface area contributed by atoms with Gasteiger partial charge in [-0.1, -0.05) is 31.6 Å². The van der Waals surface area contributed by atoms with E-state index in [2.05, 4.69) is 56.0 Å². The van der Waals surface area contributed by atoms with Crippen molar-refractivity contribution in [3.05, 3.63) is 64.2 Å². The van der Waals surface area contributed by atoms with E-state index in [0.29, 0.717) is 25.6 Å². The van der Waals surface area contributed by atoms with E-state index in [1.807, 2.05) is 6.07 Å². The molecule has 0 spiro atoms. The number of rotatable bonds is 9. The van der Waals surface area contributed by atoms with E-state index in [1.165, 1.54) is 27.8 Å². The van der Waals surface area contributed by atoms with Gasteiger partial charge in [-0.05, 0) is 84.2 Å². The Labute approximate surface area is 197 Å². The van der Waals surface area contributed by atoms with Gasteiger partial charge in [-0.15, -0.1) is 0 Å². The molecular formula is C28H35NO4. The fourth-order valence-electron chi connectivity index (χ4n) is 4.91. The molecule has 2 aromatic rings. The minimum absolute atomic E-state index is 0.200. The summed E-state index contributed by atoms with van der Waals surface area (Å²) in [5, 5.41) is 9.10. The van der Waals surface area contributed by atoms with Gasteiger partial charge < -0.3 is 14.6 Å². The van der Waals surface area contributed by atoms with Gasteiger partial charge in [-0.25, -0.2) is 0 Å². The predicted molar refractivity (Wildman–Crippen MR) is 131 cm³/mol. The van der Waals surface area contributed by atoms with Gasteiger partial charge in [-0.2, -0.15) is 0 Å². The smallest absolute Gasteiger partial charge is 0.309 e. The molecule has 176 valence electrons. The summed E-state index contributed by atoms with van der Waals surface area (Å²) in [6.45, 7) is 9.36. The summed E-state index contributed by atoms with van der Waals surface area (Å²) in [5.41, 5.74) is 7.76. The molecule has 0 saturated carbocycles. The molecular weight excluding hydrogens is 414 g/mol. The van der Waals surface area contributed by atoms with Crippen LogP contribution >= 0.6 is 0 Å². The number of ether oxygens (including phenoxy) is 2. The first kappa shape index (κ1) is 23.4. The lowest BCUT2D eigenvalue weighted by Gasteiger charge is -2.38. The minimum Gasteiger partial charge on any atom is -0.496 e. The highest BCUT2D eigenvalue weighted by atomic mass is 16.5. The molecule has 1 saturated heterocycles. The van der Waals surface area contributed by atoms with Crippen LogP contribution in [-0.2, 0) is 24.2 Å². The molecule has 0 unspecified atom stereocenters. The van der Waals surface area contributed by atoms with Crippen LogP contribution < -0.4 is 9.47 Å². The van der Waals surface area contributed by atoms with Crippen molar-refractivity contribution in [3.8, 4) is 11.5 Å². The van der Waals surface area contributed by atoms with Gasteiger partial charge in [0.05, 0.1) is 13.0 Å². The lowest BCUT2D eigenvalue weighted by Crippen LogP contribution is -2.50. The average molecular weight is 450 g/mol. The van der Waals surface area contributed by atoms with Crippen molar-refractivity contribution in [1.82, 2.24) is 4.90 Å². The molecule has 1 fully saturated rings. The van der Waals surface area contributed by atoms with Crippen molar-refractivity contribution in [2.24, 2.45) is 11.8 Å². The van der Waals surface area contributed by atoms with Crippen LogP contribution in [0.5, 0.6) is 11.5 Å². The molecule has 5 heteroatoms. The third-order valence-corrected chi connectivity index (χ3v) is 6.81. The molecule has 33 heavy (non-hydrogen) atoms. The second-order valence-corrected chi connectivity index (χ2v) is 9.81. The zero-order valence-electron chi connectivity index (χ0n) is 20.2. The molecule has 2 aromatic carbocycles. The highest BCUT2D eigenvalue weighted by molar-refractivity contribution is 5.73. The first-order chi connectivity index (χ1) is 15.8. The second-order valence-electron chi connectivity index (χ2n) is 9.81. The van der Waals surface area contributed by atoms with Crippen LogP contribution in [0.15, 0.2) is 42.0 Å². The van der Waals surface area contributed by atoms with Crippen molar-refractivity contribution in [1.29, 1.82) is 0 Å². The highest BCUT2D eigenvalue weighted by Gasteiger charge is 2.33. The molecule has 0 aromatic heterocycles. The summed E-state index contributed by atoms with van der Waals surface area (Å²) in [6.07, 6.45) is 3.00. The number of carbonyl (C=O) groups is 1. The van der Waals surface area contributed by atoms with Gasteiger partial charge >= 0.3 is 5.97 Å². The van der Waals surface area contributed by atoms with Crippen LogP contribution in [0.3, 0.4) is 0 Å². The van der Waals surface area contributed by atoms with E-state index in [9.17, 15) is 4.79 Å². The molecule has 1 aliphatic carbocycles. The van der Waals surface area contributed by atoms with E-state index in [-0.39, 0.29) is 5.92 Å². The van der Waals surface area contributed by atoms with Gasteiger partial charge in [0.25, 0.3) is 0 Å². The van der Waals surface area contributed by atoms with E-state index in [1.54, 1.807) is 7.11 Å². The maximum atomic E-state index is 11.1. The first-order valence-electron chi connectivity index (χ1n) is 11.9. The van der Waals surface area contributed by atoms with Crippen molar-refractivity contribution in [3.63, 3.8) is 0 Å². The van der Waals surface area contributed by atoms with E-state index < -0.39 is 5.97 Å². The number of allylic oxidation sites excluding steroid dienone is 1. The Balaban J connectivity index is 1.40. The Morgan fingerprint density at radius 1 is 1.15 bits per heavy atom. The molecule has 1 N–H and O–H groups in total. The van der Waals surface area contributed by atoms with Gasteiger partial charge in [-0.3, -0.25) is 9.69 Å². The molecule has 0 amide bonds. The average Bonchev–Trinajstić information content (AvgIpc) is 2.75. The van der Waals surface area contributed by atoms with Gasteiger partial charge in [0.1, 0.15) is 18.1 Å². The van der Waals surface area contributed by atoms with Crippen LogP contribution in [0.4, 0.5) is 0 Å². The number of benzene rings is 2. The second kappa shape index (κ2) is 10.0. The van der Waals surface area contributed by atoms with Crippen LogP contribution in [0, 0.1) is 11.8 Å². The summed E-state index contributed by atoms with van der Waals surface area (Å²) in [7, 11) is 1.72. The predicted octanol–water partition coefficient (Wildman–Crippen LogP) is 5.21. The van der Waals surface area contributed by atoms with Crippen LogP contribution in [0.25, 0.3) is 5.57 Å². The standard InChI is InChI=1S/C28H35NO4/c1-18(2)11-23-12-20(5-10-27(23)32-4)17-33-25-8-9-26-19(3)22(7-6-21(26)13-25)14-29-15-24(16-29)28(30)31/h5,8-10,12-13,18,24H,6-7,11,14-17H2,1-4H3,(H,30,31). The number of aryl methyl sites for hydroxylation is 1. The summed E-state index contributed by atoms with van der Waals surface area (Å²) >= 11 is 0. The normalized spacial score (nSPS) is 16.5. The fourth-order valence-corrected chi connectivity index (χ4v) is 4.91. The molecule has 0 bridgehead atoms. The molecule has 1 heterocycles. The fraction of sp³-hybridized carbons (Fsp3) is 0.464. The third kappa shape index (κ3) is 5.41. The number of methoxy groups -OCH3 is 1. The number of hydrogen-bond acceptors (Lipinski definition) is 4. The van der Waals surface area contributed by atoms with E-state index in [0.717, 1.165) is 42.9 Å². The maximum Gasteiger partial charge on any atom is 0.309 e. The zero-order valence-corrected chi connectivity index (χ0v) is 20.2. The molecule has 4 rings (SSSR count). The third-order valence-electron chi connectivity index (χ3n) is 6.81. The summed E-state index contributed by atoms with van der Waals surface area (Å²) < 4.78 is 11.7. The number of likely N-dealkylation sites (tertiary alicyclic amines) is 1. The lowest BCUT2D eigenvalue weighted by molar-refractivity contribution is -0.147. The van der Waals surface area contributed by atoms with Crippen molar-refractivity contribution in [2.45, 2.75) is 46.6 Å². The van der Waals surface area contributed by atoms with Crippen LogP contribution in [0.2, 0.25) is 0 Å². The molecule has 0 radical (unpaired) electrons. The first-order valence-corrected chi connectivity index (χ1v) is 11.9. The number of hydrogen-bond donors (Lipinski definition) is 1. The molecule has 2 aliphatic rings. The van der Waals surface area contributed by atoms with Gasteiger partial charge in [0, 0.05) is 19.6 Å². The summed E-state index contributed by atoms with van der Waals surface area (Å²) in [6, 6.07) is 12.7. The van der Waals surface area contributed by atoms with E-state index >= 15 is 0 Å². The minimum atomic E-state index is -0.677. The maximum absolute atomic E-state index is 11.1. The number of carboxylic acids is 1. The number of carboxylic acid groups (broad SMARTS) is 1. The van der Waals surface area contributed by atoms with Crippen molar-refractivity contribution >= 4 is 11.5 Å². The zero-order chi connectivity index (χ0) is 23.5. The Kier molecular flexibility index (Phi) is 7.08. The number of aliphatic carboxylic acids is 1. The quantitative estimate of drug-likeness (QED) is 0.570. The lowest BCUT2D eigenvalue weighted by atomic mass is 9.85. The van der Waals surface area contributed by atoms with Crippen LogP contribution in [0.1, 0.15) is 49.4 Å². The molecule has 0 atom stereocenters. The Hall–Kier alpha value is -2.79. The highest BCUT2D eigenvalue weighted by Crippen LogP contribution is 2.35. The molecule has 5 nitrogen and oxygen atoms in total. The largest absolute Gasteiger partial charge is 0.496 e. The van der Waals surface area contributed by atoms with Crippen molar-refractivity contribution in [2.75, 3.05) is 26.7 Å². The molecule has 1 aliphatic heterocycles. The van der Waals surface area contributed by atoms with E-state index in [4.69, 9.17) is 14.6 Å². The van der Waals surface area contributed by atoms with Crippen LogP contribution in [-0.4, -0.2) is 42.7 Å². The summed E-state index contributed by atoms with van der Waals surface area (Å²) in [4.78, 5) is 13.3.